The minimum Gasteiger partial charge on any atom is -0.497 e. The number of nitrogens with one attached hydrogen (secondary N) is 1. The Labute approximate surface area is 160 Å². The average molecular weight is 394 g/mol. The molecule has 0 aliphatic rings. The smallest absolute Gasteiger partial charge is 0.248 e. The van der Waals surface area contributed by atoms with Crippen LogP contribution in [0.5, 0.6) is 5.75 Å². The highest BCUT2D eigenvalue weighted by Gasteiger charge is 2.43. The minimum atomic E-state index is -3.93. The topological polar surface area (TPSA) is 98.5 Å². The van der Waals surface area contributed by atoms with Gasteiger partial charge in [0.2, 0.25) is 11.8 Å². The lowest BCUT2D eigenvalue weighted by molar-refractivity contribution is -0.118. The quantitative estimate of drug-likeness (QED) is 0.805. The molecule has 0 unspecified atom stereocenters. The summed E-state index contributed by atoms with van der Waals surface area (Å²) in [5.41, 5.74) is 0.698. The van der Waals surface area contributed by atoms with Crippen LogP contribution in [0.15, 0.2) is 39.8 Å². The summed E-state index contributed by atoms with van der Waals surface area (Å²) in [6.45, 7) is 8.89. The van der Waals surface area contributed by atoms with Gasteiger partial charge < -0.3 is 9.26 Å². The number of carbonyl (C=O) groups excluding carboxylic acids is 1. The summed E-state index contributed by atoms with van der Waals surface area (Å²) in [6.07, 6.45) is 0.667. The first-order valence-electron chi connectivity index (χ1n) is 8.52. The lowest BCUT2D eigenvalue weighted by Crippen LogP contribution is -2.44. The van der Waals surface area contributed by atoms with E-state index in [4.69, 9.17) is 9.26 Å². The number of aromatic nitrogens is 1. The van der Waals surface area contributed by atoms with Gasteiger partial charge in [0.25, 0.3) is 0 Å². The zero-order valence-electron chi connectivity index (χ0n) is 16.5. The van der Waals surface area contributed by atoms with Crippen LogP contribution in [0.4, 0.5) is 5.88 Å². The first kappa shape index (κ1) is 21.0. The second kappa shape index (κ2) is 7.34. The maximum atomic E-state index is 12.9. The fourth-order valence-corrected chi connectivity index (χ4v) is 3.81. The summed E-state index contributed by atoms with van der Waals surface area (Å²) in [5.74, 6) is -0.0433. The van der Waals surface area contributed by atoms with E-state index in [1.807, 2.05) is 0 Å². The van der Waals surface area contributed by atoms with E-state index in [1.54, 1.807) is 6.07 Å². The van der Waals surface area contributed by atoms with Crippen LogP contribution in [0, 0.1) is 5.41 Å². The lowest BCUT2D eigenvalue weighted by atomic mass is 9.91. The third-order valence-corrected chi connectivity index (χ3v) is 6.52. The molecule has 1 heterocycles. The van der Waals surface area contributed by atoms with E-state index in [1.165, 1.54) is 45.2 Å². The van der Waals surface area contributed by atoms with Gasteiger partial charge in [-0.2, -0.15) is 0 Å². The minimum absolute atomic E-state index is 0.00906. The molecule has 0 bridgehead atoms. The van der Waals surface area contributed by atoms with Crippen LogP contribution < -0.4 is 10.1 Å². The van der Waals surface area contributed by atoms with E-state index < -0.39 is 20.5 Å². The summed E-state index contributed by atoms with van der Waals surface area (Å²) in [6, 6.07) is 7.52. The van der Waals surface area contributed by atoms with Gasteiger partial charge >= 0.3 is 0 Å². The number of carbonyl (C=O) groups is 1. The third kappa shape index (κ3) is 4.68. The molecule has 2 rings (SSSR count). The van der Waals surface area contributed by atoms with Crippen LogP contribution >= 0.6 is 0 Å². The lowest BCUT2D eigenvalue weighted by Gasteiger charge is -2.23. The van der Waals surface area contributed by atoms with Crippen molar-refractivity contribution in [2.45, 2.75) is 50.7 Å². The molecule has 1 amide bonds. The normalized spacial score (nSPS) is 12.7. The zero-order valence-corrected chi connectivity index (χ0v) is 17.3. The molecule has 0 radical (unpaired) electrons. The Morgan fingerprint density at radius 3 is 2.26 bits per heavy atom. The van der Waals surface area contributed by atoms with Gasteiger partial charge in [0.15, 0.2) is 9.84 Å². The van der Waals surface area contributed by atoms with Crippen LogP contribution in [0.2, 0.25) is 0 Å². The molecule has 0 atom stereocenters. The Bertz CT molecular complexity index is 906. The second-order valence-electron chi connectivity index (χ2n) is 8.06. The van der Waals surface area contributed by atoms with Crippen molar-refractivity contribution < 1.29 is 22.5 Å². The molecule has 0 aliphatic carbocycles. The van der Waals surface area contributed by atoms with Gasteiger partial charge in [0.05, 0.1) is 17.7 Å². The number of nitrogens with zero attached hydrogens (tertiary/aromatic N) is 1. The van der Waals surface area contributed by atoms with Crippen molar-refractivity contribution in [2.24, 2.45) is 5.41 Å². The van der Waals surface area contributed by atoms with Gasteiger partial charge in [-0.15, -0.1) is 0 Å². The molecule has 0 saturated carbocycles. The number of amides is 1. The molecule has 0 spiro atoms. The van der Waals surface area contributed by atoms with Crippen molar-refractivity contribution in [1.82, 2.24) is 5.16 Å². The van der Waals surface area contributed by atoms with Gasteiger partial charge in [-0.1, -0.05) is 25.9 Å². The van der Waals surface area contributed by atoms with Crippen LogP contribution in [-0.4, -0.2) is 31.3 Å². The molecular weight excluding hydrogens is 368 g/mol. The molecule has 7 nitrogen and oxygen atoms in total. The number of hydrogen-bond donors (Lipinski definition) is 1. The molecule has 27 heavy (non-hydrogen) atoms. The molecule has 148 valence electrons. The number of hydrogen-bond acceptors (Lipinski definition) is 6. The maximum Gasteiger partial charge on any atom is 0.248 e. The molecular formula is C19H26N2O5S. The highest BCUT2D eigenvalue weighted by atomic mass is 32.2. The van der Waals surface area contributed by atoms with Crippen molar-refractivity contribution in [1.29, 1.82) is 0 Å². The van der Waals surface area contributed by atoms with Crippen LogP contribution in [0.1, 0.15) is 40.3 Å². The standard InChI is InChI=1S/C19H26N2O5S/c1-18(2,3)12-13-11-16(26-21-13)20-17(22)19(4,5)27(23,24)15-9-7-14(25-6)8-10-15/h7-11H,12H2,1-6H3,(H,20,22). The number of methoxy groups -OCH3 is 1. The van der Waals surface area contributed by atoms with Crippen LogP contribution in [0.25, 0.3) is 0 Å². The SMILES string of the molecule is COc1ccc(S(=O)(=O)C(C)(C)C(=O)Nc2cc(CC(C)(C)C)no2)cc1. The number of benzene rings is 1. The first-order valence-corrected chi connectivity index (χ1v) is 10.0. The summed E-state index contributed by atoms with van der Waals surface area (Å²) >= 11 is 0. The summed E-state index contributed by atoms with van der Waals surface area (Å²) in [7, 11) is -2.44. The summed E-state index contributed by atoms with van der Waals surface area (Å²) in [4.78, 5) is 12.7. The second-order valence-corrected chi connectivity index (χ2v) is 10.6. The number of sulfone groups is 1. The molecule has 1 aromatic carbocycles. The van der Waals surface area contributed by atoms with E-state index in [-0.39, 0.29) is 16.2 Å². The Morgan fingerprint density at radius 2 is 1.74 bits per heavy atom. The van der Waals surface area contributed by atoms with Gasteiger partial charge in [0, 0.05) is 6.07 Å². The molecule has 8 heteroatoms. The Balaban J connectivity index is 2.20. The number of rotatable bonds is 6. The van der Waals surface area contributed by atoms with Crippen LogP contribution in [0.3, 0.4) is 0 Å². The van der Waals surface area contributed by atoms with Crippen molar-refractivity contribution in [3.63, 3.8) is 0 Å². The van der Waals surface area contributed by atoms with E-state index in [0.717, 1.165) is 0 Å². The van der Waals surface area contributed by atoms with Crippen molar-refractivity contribution in [3.8, 4) is 5.75 Å². The largest absolute Gasteiger partial charge is 0.497 e. The van der Waals surface area contributed by atoms with E-state index in [9.17, 15) is 13.2 Å². The Hall–Kier alpha value is -2.35. The first-order chi connectivity index (χ1) is 12.4. The molecule has 0 saturated heterocycles. The van der Waals surface area contributed by atoms with E-state index >= 15 is 0 Å². The van der Waals surface area contributed by atoms with Crippen LogP contribution in [-0.2, 0) is 21.1 Å². The molecule has 2 aromatic rings. The predicted molar refractivity (Wildman–Crippen MR) is 103 cm³/mol. The van der Waals surface area contributed by atoms with E-state index in [0.29, 0.717) is 17.9 Å². The molecule has 1 aromatic heterocycles. The van der Waals surface area contributed by atoms with Gasteiger partial charge in [0.1, 0.15) is 10.5 Å². The van der Waals surface area contributed by atoms with E-state index in [2.05, 4.69) is 31.2 Å². The van der Waals surface area contributed by atoms with Crippen molar-refractivity contribution >= 4 is 21.6 Å². The van der Waals surface area contributed by atoms with Crippen molar-refractivity contribution in [2.75, 3.05) is 12.4 Å². The molecule has 0 aliphatic heterocycles. The zero-order chi connectivity index (χ0) is 20.5. The van der Waals surface area contributed by atoms with Gasteiger partial charge in [-0.25, -0.2) is 8.42 Å². The Morgan fingerprint density at radius 1 is 1.15 bits per heavy atom. The third-order valence-electron chi connectivity index (χ3n) is 4.10. The number of anilines is 1. The fourth-order valence-electron chi connectivity index (χ4n) is 2.43. The highest BCUT2D eigenvalue weighted by Crippen LogP contribution is 2.29. The fraction of sp³-hybridized carbons (Fsp3) is 0.474. The molecule has 0 fully saturated rings. The highest BCUT2D eigenvalue weighted by molar-refractivity contribution is 7.93. The predicted octanol–water partition coefficient (Wildman–Crippen LogP) is 3.46. The molecule has 1 N–H and O–H groups in total. The summed E-state index contributed by atoms with van der Waals surface area (Å²) < 4.78 is 34.3. The van der Waals surface area contributed by atoms with Gasteiger partial charge in [-0.05, 0) is 49.9 Å². The Kier molecular flexibility index (Phi) is 5.70. The average Bonchev–Trinajstić information content (AvgIpc) is 2.99. The van der Waals surface area contributed by atoms with Crippen molar-refractivity contribution in [3.05, 3.63) is 36.0 Å². The number of ether oxygens (including phenoxy) is 1. The monoisotopic (exact) mass is 394 g/mol. The maximum absolute atomic E-state index is 12.9. The van der Waals surface area contributed by atoms with Gasteiger partial charge in [-0.3, -0.25) is 10.1 Å². The summed E-state index contributed by atoms with van der Waals surface area (Å²) in [5, 5.41) is 6.44.